The van der Waals surface area contributed by atoms with E-state index in [4.69, 9.17) is 16.1 Å². The molecule has 0 spiro atoms. The van der Waals surface area contributed by atoms with Crippen LogP contribution in [-0.4, -0.2) is 16.7 Å². The Labute approximate surface area is 70.3 Å². The Hall–Kier alpha value is -1.44. The molecule has 0 aromatic carbocycles. The first-order valence-electron chi connectivity index (χ1n) is 3.51. The van der Waals surface area contributed by atoms with Crippen molar-refractivity contribution in [3.05, 3.63) is 29.6 Å². The van der Waals surface area contributed by atoms with Gasteiger partial charge in [-0.2, -0.15) is 5.26 Å². The maximum Gasteiger partial charge on any atom is 0.140 e. The molecule has 0 saturated heterocycles. The largest absolute Gasteiger partial charge is 0.394 e. The van der Waals surface area contributed by atoms with Crippen molar-refractivity contribution in [3.8, 4) is 6.07 Å². The number of pyridine rings is 1. The lowest BCUT2D eigenvalue weighted by Gasteiger charge is -2.06. The second-order valence-corrected chi connectivity index (χ2v) is 2.35. The zero-order valence-corrected chi connectivity index (χ0v) is 6.44. The normalized spacial score (nSPS) is 12.1. The summed E-state index contributed by atoms with van der Waals surface area (Å²) in [4.78, 5) is 3.92. The Morgan fingerprint density at radius 3 is 3.00 bits per heavy atom. The second-order valence-electron chi connectivity index (χ2n) is 2.35. The van der Waals surface area contributed by atoms with E-state index >= 15 is 0 Å². The van der Waals surface area contributed by atoms with Crippen molar-refractivity contribution in [1.82, 2.24) is 4.98 Å². The summed E-state index contributed by atoms with van der Waals surface area (Å²) in [5.41, 5.74) is 6.35. The van der Waals surface area contributed by atoms with E-state index < -0.39 is 6.04 Å². The molecule has 0 fully saturated rings. The highest BCUT2D eigenvalue weighted by Crippen LogP contribution is 2.06. The van der Waals surface area contributed by atoms with Gasteiger partial charge in [0.1, 0.15) is 11.8 Å². The highest BCUT2D eigenvalue weighted by Gasteiger charge is 2.05. The summed E-state index contributed by atoms with van der Waals surface area (Å²) in [6, 6.07) is 6.36. The van der Waals surface area contributed by atoms with Crippen LogP contribution in [0.25, 0.3) is 0 Å². The van der Waals surface area contributed by atoms with Crippen molar-refractivity contribution in [2.45, 2.75) is 6.04 Å². The Kier molecular flexibility index (Phi) is 2.75. The van der Waals surface area contributed by atoms with Gasteiger partial charge in [-0.1, -0.05) is 6.07 Å². The Balaban J connectivity index is 2.95. The minimum absolute atomic E-state index is 0.165. The Bertz CT molecular complexity index is 305. The van der Waals surface area contributed by atoms with Crippen molar-refractivity contribution in [1.29, 1.82) is 5.26 Å². The number of hydrogen-bond donors (Lipinski definition) is 2. The molecule has 0 radical (unpaired) electrons. The molecule has 62 valence electrons. The fourth-order valence-corrected chi connectivity index (χ4v) is 0.814. The summed E-state index contributed by atoms with van der Waals surface area (Å²) in [7, 11) is 0. The smallest absolute Gasteiger partial charge is 0.140 e. The average Bonchev–Trinajstić information content (AvgIpc) is 2.17. The summed E-state index contributed by atoms with van der Waals surface area (Å²) in [5.74, 6) is 0. The first kappa shape index (κ1) is 8.65. The van der Waals surface area contributed by atoms with E-state index in [1.165, 1.54) is 0 Å². The van der Waals surface area contributed by atoms with Crippen LogP contribution in [0, 0.1) is 11.3 Å². The van der Waals surface area contributed by atoms with Gasteiger partial charge in [-0.05, 0) is 12.1 Å². The van der Waals surface area contributed by atoms with Gasteiger partial charge in [0.15, 0.2) is 0 Å². The van der Waals surface area contributed by atoms with E-state index in [2.05, 4.69) is 4.98 Å². The fraction of sp³-hybridized carbons (Fsp3) is 0.250. The van der Waals surface area contributed by atoms with E-state index in [9.17, 15) is 0 Å². The molecule has 0 saturated carbocycles. The molecular formula is C8H9N3O. The minimum Gasteiger partial charge on any atom is -0.394 e. The summed E-state index contributed by atoms with van der Waals surface area (Å²) in [5, 5.41) is 17.2. The van der Waals surface area contributed by atoms with Crippen LogP contribution in [0.4, 0.5) is 0 Å². The van der Waals surface area contributed by atoms with Crippen LogP contribution in [-0.2, 0) is 0 Å². The molecule has 1 heterocycles. The molecule has 1 aromatic rings. The zero-order valence-electron chi connectivity index (χ0n) is 6.44. The van der Waals surface area contributed by atoms with Crippen LogP contribution in [0.3, 0.4) is 0 Å². The van der Waals surface area contributed by atoms with Crippen LogP contribution in [0.5, 0.6) is 0 Å². The van der Waals surface area contributed by atoms with Crippen LogP contribution in [0.2, 0.25) is 0 Å². The lowest BCUT2D eigenvalue weighted by molar-refractivity contribution is 0.266. The average molecular weight is 163 g/mol. The van der Waals surface area contributed by atoms with Gasteiger partial charge in [0.25, 0.3) is 0 Å². The van der Waals surface area contributed by atoms with E-state index in [0.29, 0.717) is 11.4 Å². The van der Waals surface area contributed by atoms with Crippen LogP contribution in [0.1, 0.15) is 17.4 Å². The Morgan fingerprint density at radius 2 is 2.42 bits per heavy atom. The summed E-state index contributed by atoms with van der Waals surface area (Å²) < 4.78 is 0. The maximum atomic E-state index is 8.70. The van der Waals surface area contributed by atoms with Gasteiger partial charge in [-0.25, -0.2) is 4.98 Å². The number of rotatable bonds is 2. The van der Waals surface area contributed by atoms with Crippen molar-refractivity contribution in [2.24, 2.45) is 5.73 Å². The number of hydrogen-bond acceptors (Lipinski definition) is 4. The number of nitrogens with two attached hydrogens (primary N) is 1. The molecule has 0 amide bonds. The second kappa shape index (κ2) is 3.81. The lowest BCUT2D eigenvalue weighted by Crippen LogP contribution is -2.16. The van der Waals surface area contributed by atoms with E-state index in [0.717, 1.165) is 0 Å². The highest BCUT2D eigenvalue weighted by molar-refractivity contribution is 5.23. The van der Waals surface area contributed by atoms with Gasteiger partial charge >= 0.3 is 0 Å². The van der Waals surface area contributed by atoms with Gasteiger partial charge in [0.05, 0.1) is 18.3 Å². The molecule has 1 aromatic heterocycles. The Morgan fingerprint density at radius 1 is 1.67 bits per heavy atom. The topological polar surface area (TPSA) is 82.9 Å². The molecule has 0 unspecified atom stereocenters. The van der Waals surface area contributed by atoms with E-state index in [-0.39, 0.29) is 6.61 Å². The number of nitriles is 1. The molecule has 4 nitrogen and oxygen atoms in total. The van der Waals surface area contributed by atoms with Crippen molar-refractivity contribution < 1.29 is 5.11 Å². The molecule has 12 heavy (non-hydrogen) atoms. The molecule has 0 bridgehead atoms. The number of aliphatic hydroxyl groups is 1. The van der Waals surface area contributed by atoms with Gasteiger partial charge in [-0.15, -0.1) is 0 Å². The molecule has 0 aliphatic carbocycles. The molecule has 4 heteroatoms. The molecule has 0 aliphatic rings. The van der Waals surface area contributed by atoms with Gasteiger partial charge in [-0.3, -0.25) is 0 Å². The number of aliphatic hydroxyl groups excluding tert-OH is 1. The van der Waals surface area contributed by atoms with Gasteiger partial charge in [0, 0.05) is 0 Å². The standard InChI is InChI=1S/C8H9N3O/c9-4-6-2-1-3-8(11-6)7(10)5-12/h1-3,7,12H,5,10H2/t7-/m1/s1. The molecular weight excluding hydrogens is 154 g/mol. The molecule has 0 aliphatic heterocycles. The van der Waals surface area contributed by atoms with Crippen LogP contribution >= 0.6 is 0 Å². The van der Waals surface area contributed by atoms with Crippen molar-refractivity contribution >= 4 is 0 Å². The third-order valence-corrected chi connectivity index (χ3v) is 1.46. The first-order valence-corrected chi connectivity index (χ1v) is 3.51. The SMILES string of the molecule is N#Cc1cccc([C@H](N)CO)n1. The van der Waals surface area contributed by atoms with Crippen molar-refractivity contribution in [2.75, 3.05) is 6.61 Å². The maximum absolute atomic E-state index is 8.70. The lowest BCUT2D eigenvalue weighted by atomic mass is 10.2. The molecule has 1 atom stereocenters. The predicted octanol–water partition coefficient (Wildman–Crippen LogP) is -0.0546. The minimum atomic E-state index is -0.502. The monoisotopic (exact) mass is 163 g/mol. The van der Waals surface area contributed by atoms with Crippen LogP contribution in [0.15, 0.2) is 18.2 Å². The quantitative estimate of drug-likeness (QED) is 0.640. The number of nitrogens with zero attached hydrogens (tertiary/aromatic N) is 2. The zero-order chi connectivity index (χ0) is 8.97. The third kappa shape index (κ3) is 1.78. The highest BCUT2D eigenvalue weighted by atomic mass is 16.3. The van der Waals surface area contributed by atoms with Crippen LogP contribution < -0.4 is 5.73 Å². The summed E-state index contributed by atoms with van der Waals surface area (Å²) in [6.45, 7) is -0.165. The predicted molar refractivity (Wildman–Crippen MR) is 43.0 cm³/mol. The van der Waals surface area contributed by atoms with E-state index in [1.807, 2.05) is 6.07 Å². The van der Waals surface area contributed by atoms with Gasteiger partial charge < -0.3 is 10.8 Å². The third-order valence-electron chi connectivity index (χ3n) is 1.46. The number of aromatic nitrogens is 1. The fourth-order valence-electron chi connectivity index (χ4n) is 0.814. The molecule has 3 N–H and O–H groups in total. The van der Waals surface area contributed by atoms with Gasteiger partial charge in [0.2, 0.25) is 0 Å². The van der Waals surface area contributed by atoms with Crippen molar-refractivity contribution in [3.63, 3.8) is 0 Å². The summed E-state index contributed by atoms with van der Waals surface area (Å²) >= 11 is 0. The first-order chi connectivity index (χ1) is 5.77. The van der Waals surface area contributed by atoms with E-state index in [1.54, 1.807) is 18.2 Å². The summed E-state index contributed by atoms with van der Waals surface area (Å²) in [6.07, 6.45) is 0. The molecule has 1 rings (SSSR count).